The molecule has 6 rings (SSSR count). The number of imide groups is 2. The fourth-order valence-corrected chi connectivity index (χ4v) is 6.45. The molecule has 2 aliphatic heterocycles. The summed E-state index contributed by atoms with van der Waals surface area (Å²) in [6.07, 6.45) is 1.81. The van der Waals surface area contributed by atoms with E-state index in [0.717, 1.165) is 4.90 Å². The second-order valence-electron chi connectivity index (χ2n) is 11.7. The van der Waals surface area contributed by atoms with Crippen LogP contribution in [0, 0.1) is 20.2 Å². The Bertz CT molecular complexity index is 1860. The minimum Gasteiger partial charge on any atom is -0.315 e. The van der Waals surface area contributed by atoms with Crippen molar-refractivity contribution in [2.45, 2.75) is 45.2 Å². The van der Waals surface area contributed by atoms with Crippen LogP contribution in [0.25, 0.3) is 21.5 Å². The van der Waals surface area contributed by atoms with Gasteiger partial charge in [0.25, 0.3) is 35.0 Å². The van der Waals surface area contributed by atoms with Crippen LogP contribution in [0.15, 0.2) is 60.7 Å². The lowest BCUT2D eigenvalue weighted by molar-refractivity contribution is -0.384. The minimum atomic E-state index is -0.584. The highest BCUT2D eigenvalue weighted by Gasteiger charge is 2.38. The lowest BCUT2D eigenvalue weighted by Gasteiger charge is -2.32. The summed E-state index contributed by atoms with van der Waals surface area (Å²) in [7, 11) is 0. The molecular formula is C33H29N5O8. The minimum absolute atomic E-state index is 0.121. The van der Waals surface area contributed by atoms with E-state index in [0.29, 0.717) is 58.5 Å². The lowest BCUT2D eigenvalue weighted by atomic mass is 9.92. The van der Waals surface area contributed by atoms with Crippen LogP contribution in [0.2, 0.25) is 0 Å². The Morgan fingerprint density at radius 3 is 1.59 bits per heavy atom. The Balaban J connectivity index is 1.06. The molecule has 0 fully saturated rings. The van der Waals surface area contributed by atoms with Gasteiger partial charge >= 0.3 is 0 Å². The normalized spacial score (nSPS) is 15.5. The average molecular weight is 624 g/mol. The molecule has 0 aliphatic carbocycles. The number of nitro groups is 2. The van der Waals surface area contributed by atoms with E-state index < -0.39 is 45.6 Å². The van der Waals surface area contributed by atoms with Crippen LogP contribution < -0.4 is 5.32 Å². The van der Waals surface area contributed by atoms with Crippen molar-refractivity contribution in [2.75, 3.05) is 13.1 Å². The number of amides is 4. The molecule has 0 saturated carbocycles. The van der Waals surface area contributed by atoms with Gasteiger partial charge in [-0.2, -0.15) is 0 Å². The van der Waals surface area contributed by atoms with Crippen molar-refractivity contribution in [1.82, 2.24) is 15.1 Å². The van der Waals surface area contributed by atoms with Crippen LogP contribution >= 0.6 is 0 Å². The third-order valence-electron chi connectivity index (χ3n) is 8.69. The second-order valence-corrected chi connectivity index (χ2v) is 11.7. The van der Waals surface area contributed by atoms with Gasteiger partial charge in [0.15, 0.2) is 0 Å². The Labute approximate surface area is 262 Å². The smallest absolute Gasteiger partial charge is 0.270 e. The fraction of sp³-hybridized carbons (Fsp3) is 0.273. The van der Waals surface area contributed by atoms with Crippen LogP contribution in [0.1, 0.15) is 74.5 Å². The van der Waals surface area contributed by atoms with Gasteiger partial charge in [-0.3, -0.25) is 49.2 Å². The molecule has 0 spiro atoms. The van der Waals surface area contributed by atoms with E-state index >= 15 is 0 Å². The van der Waals surface area contributed by atoms with Crippen molar-refractivity contribution in [1.29, 1.82) is 0 Å². The fourth-order valence-electron chi connectivity index (χ4n) is 6.45. The van der Waals surface area contributed by atoms with E-state index in [1.54, 1.807) is 50.2 Å². The van der Waals surface area contributed by atoms with Crippen molar-refractivity contribution >= 4 is 56.5 Å². The quantitative estimate of drug-likeness (QED) is 0.101. The molecule has 0 saturated heterocycles. The third-order valence-corrected chi connectivity index (χ3v) is 8.69. The number of hydrogen-bond acceptors (Lipinski definition) is 9. The van der Waals surface area contributed by atoms with Gasteiger partial charge in [-0.05, 0) is 56.1 Å². The van der Waals surface area contributed by atoms with E-state index in [2.05, 4.69) is 5.32 Å². The molecule has 2 aliphatic rings. The first-order chi connectivity index (χ1) is 22.0. The summed E-state index contributed by atoms with van der Waals surface area (Å²) < 4.78 is 0. The Hall–Kier alpha value is -5.56. The van der Waals surface area contributed by atoms with E-state index in [9.17, 15) is 39.4 Å². The molecule has 1 N–H and O–H groups in total. The molecule has 234 valence electrons. The van der Waals surface area contributed by atoms with E-state index in [1.807, 2.05) is 0 Å². The van der Waals surface area contributed by atoms with Gasteiger partial charge < -0.3 is 5.32 Å². The summed E-state index contributed by atoms with van der Waals surface area (Å²) in [5.74, 6) is -2.04. The molecule has 0 unspecified atom stereocenters. The van der Waals surface area contributed by atoms with Gasteiger partial charge in [-0.1, -0.05) is 30.7 Å². The van der Waals surface area contributed by atoms with Crippen LogP contribution in [-0.4, -0.2) is 68.4 Å². The molecule has 4 aromatic rings. The number of non-ortho nitro benzene ring substituents is 2. The summed E-state index contributed by atoms with van der Waals surface area (Å²) in [6.45, 7) is 4.31. The molecule has 0 radical (unpaired) electrons. The highest BCUT2D eigenvalue weighted by Crippen LogP contribution is 2.36. The monoisotopic (exact) mass is 623 g/mol. The first kappa shape index (κ1) is 30.5. The molecule has 13 heteroatoms. The van der Waals surface area contributed by atoms with Gasteiger partial charge in [0, 0.05) is 64.8 Å². The summed E-state index contributed by atoms with van der Waals surface area (Å²) in [5.41, 5.74) is 0.467. The summed E-state index contributed by atoms with van der Waals surface area (Å²) in [6, 6.07) is 13.9. The van der Waals surface area contributed by atoms with Gasteiger partial charge in [0.05, 0.1) is 21.0 Å². The van der Waals surface area contributed by atoms with Crippen molar-refractivity contribution in [2.24, 2.45) is 0 Å². The summed E-state index contributed by atoms with van der Waals surface area (Å²) in [4.78, 5) is 77.6. The standard InChI is InChI=1S/C33H29N5O8/c1-18(35-30(39)24-10-5-8-20-13-22(37(43)44)15-26(28(20)24)32(35)41)7-3-4-12-34-17-19(2)36-31(40)25-11-6-9-21-14-23(38(45)46)16-27(29(21)25)33(36)42/h5-6,8-11,13-16,18-19,34H,3-4,7,12,17H2,1-2H3/t18-,19-/m0/s1. The lowest BCUT2D eigenvalue weighted by Crippen LogP contribution is -2.49. The summed E-state index contributed by atoms with van der Waals surface area (Å²) in [5, 5.41) is 27.9. The maximum atomic E-state index is 13.4. The number of carbonyl (C=O) groups excluding carboxylic acids is 4. The Morgan fingerprint density at radius 1 is 0.652 bits per heavy atom. The predicted molar refractivity (Wildman–Crippen MR) is 168 cm³/mol. The Morgan fingerprint density at radius 2 is 1.11 bits per heavy atom. The number of nitrogens with one attached hydrogen (secondary N) is 1. The zero-order chi connectivity index (χ0) is 32.9. The van der Waals surface area contributed by atoms with Crippen LogP contribution in [-0.2, 0) is 0 Å². The Kier molecular flexibility index (Phi) is 7.78. The maximum absolute atomic E-state index is 13.4. The van der Waals surface area contributed by atoms with Gasteiger partial charge in [0.2, 0.25) is 0 Å². The molecular weight excluding hydrogens is 594 g/mol. The number of hydrogen-bond donors (Lipinski definition) is 1. The first-order valence-corrected chi connectivity index (χ1v) is 14.9. The average Bonchev–Trinajstić information content (AvgIpc) is 3.03. The van der Waals surface area contributed by atoms with E-state index in [1.165, 1.54) is 29.2 Å². The van der Waals surface area contributed by atoms with Gasteiger partial charge in [-0.25, -0.2) is 0 Å². The van der Waals surface area contributed by atoms with Crippen LogP contribution in [0.5, 0.6) is 0 Å². The number of nitro benzene ring substituents is 2. The molecule has 4 amide bonds. The zero-order valence-electron chi connectivity index (χ0n) is 25.0. The third kappa shape index (κ3) is 5.04. The second kappa shape index (κ2) is 11.7. The van der Waals surface area contributed by atoms with Crippen molar-refractivity contribution < 1.29 is 29.0 Å². The molecule has 2 atom stereocenters. The number of unbranched alkanes of at least 4 members (excludes halogenated alkanes) is 1. The van der Waals surface area contributed by atoms with Gasteiger partial charge in [-0.15, -0.1) is 0 Å². The number of nitrogens with zero attached hydrogens (tertiary/aromatic N) is 4. The van der Waals surface area contributed by atoms with Gasteiger partial charge in [0.1, 0.15) is 0 Å². The summed E-state index contributed by atoms with van der Waals surface area (Å²) >= 11 is 0. The molecule has 4 aromatic carbocycles. The van der Waals surface area contributed by atoms with Crippen LogP contribution in [0.3, 0.4) is 0 Å². The van der Waals surface area contributed by atoms with E-state index in [-0.39, 0.29) is 29.0 Å². The molecule has 2 heterocycles. The molecule has 0 bridgehead atoms. The topological polar surface area (TPSA) is 173 Å². The first-order valence-electron chi connectivity index (χ1n) is 14.9. The highest BCUT2D eigenvalue weighted by molar-refractivity contribution is 6.27. The highest BCUT2D eigenvalue weighted by atomic mass is 16.6. The van der Waals surface area contributed by atoms with Crippen molar-refractivity contribution in [3.8, 4) is 0 Å². The number of carbonyl (C=O) groups is 4. The van der Waals surface area contributed by atoms with Crippen molar-refractivity contribution in [3.05, 3.63) is 103 Å². The predicted octanol–water partition coefficient (Wildman–Crippen LogP) is 5.24. The largest absolute Gasteiger partial charge is 0.315 e. The molecule has 13 nitrogen and oxygen atoms in total. The molecule has 46 heavy (non-hydrogen) atoms. The zero-order valence-corrected chi connectivity index (χ0v) is 25.0. The molecule has 0 aromatic heterocycles. The van der Waals surface area contributed by atoms with Crippen LogP contribution in [0.4, 0.5) is 11.4 Å². The van der Waals surface area contributed by atoms with E-state index in [4.69, 9.17) is 0 Å². The SMILES string of the molecule is C[C@@H](CCCCNC[C@H](C)N1C(=O)c2cccc3cc([N+](=O)[O-])cc(c23)C1=O)N1C(=O)c2cccc3cc([N+](=O)[O-])cc(c23)C1=O. The number of rotatable bonds is 11. The van der Waals surface area contributed by atoms with Crippen molar-refractivity contribution in [3.63, 3.8) is 0 Å². The maximum Gasteiger partial charge on any atom is 0.270 e. The number of benzene rings is 4.